The second-order valence-corrected chi connectivity index (χ2v) is 7.95. The first-order chi connectivity index (χ1) is 13.7. The highest BCUT2D eigenvalue weighted by Crippen LogP contribution is 2.34. The van der Waals surface area contributed by atoms with Gasteiger partial charge in [0.1, 0.15) is 16.8 Å². The molecule has 154 valence electrons. The molecule has 0 radical (unpaired) electrons. The summed E-state index contributed by atoms with van der Waals surface area (Å²) in [4.78, 5) is 8.90. The molecule has 10 heteroatoms. The van der Waals surface area contributed by atoms with Gasteiger partial charge in [0.2, 0.25) is 0 Å². The van der Waals surface area contributed by atoms with E-state index in [2.05, 4.69) is 20.0 Å². The van der Waals surface area contributed by atoms with Gasteiger partial charge in [0.25, 0.3) is 0 Å². The molecule has 0 saturated heterocycles. The second-order valence-electron chi connectivity index (χ2n) is 6.53. The van der Waals surface area contributed by atoms with Crippen molar-refractivity contribution in [3.8, 4) is 11.3 Å². The van der Waals surface area contributed by atoms with E-state index in [-0.39, 0.29) is 11.9 Å². The van der Waals surface area contributed by atoms with E-state index in [9.17, 15) is 17.4 Å². The van der Waals surface area contributed by atoms with Gasteiger partial charge >= 0.3 is 6.18 Å². The fourth-order valence-corrected chi connectivity index (χ4v) is 3.30. The van der Waals surface area contributed by atoms with Crippen LogP contribution < -0.4 is 10.0 Å². The zero-order valence-electron chi connectivity index (χ0n) is 16.0. The Morgan fingerprint density at radius 3 is 2.52 bits per heavy atom. The average molecular weight is 423 g/mol. The van der Waals surface area contributed by atoms with Crippen molar-refractivity contribution in [3.05, 3.63) is 54.6 Å². The maximum Gasteiger partial charge on any atom is 0.416 e. The summed E-state index contributed by atoms with van der Waals surface area (Å²) >= 11 is 0. The molecule has 0 aliphatic heterocycles. The number of rotatable bonds is 6. The van der Waals surface area contributed by atoms with Crippen LogP contribution in [0.1, 0.15) is 25.5 Å². The Morgan fingerprint density at radius 1 is 1.14 bits per heavy atom. The molecule has 0 spiro atoms. The predicted octanol–water partition coefficient (Wildman–Crippen LogP) is 4.53. The molecule has 0 fully saturated rings. The number of benzene rings is 1. The molecule has 0 saturated carbocycles. The van der Waals surface area contributed by atoms with Crippen LogP contribution in [-0.4, -0.2) is 25.8 Å². The van der Waals surface area contributed by atoms with E-state index in [0.29, 0.717) is 21.8 Å². The minimum atomic E-state index is -4.47. The molecular formula is C19H20F3N5OS. The van der Waals surface area contributed by atoms with Gasteiger partial charge in [-0.3, -0.25) is 0 Å². The molecule has 2 heterocycles. The van der Waals surface area contributed by atoms with Crippen LogP contribution in [0.5, 0.6) is 0 Å². The third-order valence-electron chi connectivity index (χ3n) is 4.21. The first-order valence-corrected chi connectivity index (χ1v) is 9.91. The van der Waals surface area contributed by atoms with Crippen LogP contribution in [0.25, 0.3) is 11.3 Å². The lowest BCUT2D eigenvalue weighted by molar-refractivity contribution is -0.137. The van der Waals surface area contributed by atoms with Gasteiger partial charge in [-0.05, 0) is 51.2 Å². The van der Waals surface area contributed by atoms with Gasteiger partial charge in [0, 0.05) is 29.7 Å². The van der Waals surface area contributed by atoms with E-state index in [4.69, 9.17) is 0 Å². The molecule has 6 nitrogen and oxygen atoms in total. The minimum absolute atomic E-state index is 0.0480. The van der Waals surface area contributed by atoms with E-state index in [1.807, 2.05) is 24.6 Å². The summed E-state index contributed by atoms with van der Waals surface area (Å²) in [6.45, 7) is 4.01. The highest BCUT2D eigenvalue weighted by Gasteiger charge is 2.30. The van der Waals surface area contributed by atoms with Gasteiger partial charge in [-0.1, -0.05) is 0 Å². The number of nitrogens with zero attached hydrogens (tertiary/aromatic N) is 3. The molecule has 29 heavy (non-hydrogen) atoms. The van der Waals surface area contributed by atoms with Crippen LogP contribution in [-0.2, 0) is 17.2 Å². The first kappa shape index (κ1) is 21.0. The number of nitrogens with one attached hydrogen (secondary N) is 2. The Morgan fingerprint density at radius 2 is 1.90 bits per heavy atom. The topological polar surface area (TPSA) is 71.8 Å². The van der Waals surface area contributed by atoms with Gasteiger partial charge in [-0.2, -0.15) is 13.2 Å². The number of aromatic nitrogens is 3. The maximum atomic E-state index is 13.0. The fraction of sp³-hybridized carbons (Fsp3) is 0.263. The van der Waals surface area contributed by atoms with Crippen molar-refractivity contribution in [2.24, 2.45) is 0 Å². The lowest BCUT2D eigenvalue weighted by Gasteiger charge is -2.13. The summed E-state index contributed by atoms with van der Waals surface area (Å²) in [5.74, 6) is 0.0480. The van der Waals surface area contributed by atoms with E-state index in [1.165, 1.54) is 0 Å². The van der Waals surface area contributed by atoms with E-state index >= 15 is 0 Å². The summed E-state index contributed by atoms with van der Waals surface area (Å²) in [5, 5.41) is 2.93. The molecule has 1 atom stereocenters. The quantitative estimate of drug-likeness (QED) is 0.611. The number of halogens is 3. The SMILES string of the molecule is CNS(=O)c1ccc(Nc2cc(C(F)(F)F)ccn2)c(-c2cn(C(C)C)cn2)c1. The molecular weight excluding hydrogens is 403 g/mol. The summed E-state index contributed by atoms with van der Waals surface area (Å²) in [7, 11) is 0.148. The number of hydrogen-bond acceptors (Lipinski definition) is 4. The van der Waals surface area contributed by atoms with Crippen molar-refractivity contribution < 1.29 is 17.4 Å². The Balaban J connectivity index is 2.05. The van der Waals surface area contributed by atoms with Crippen molar-refractivity contribution in [3.63, 3.8) is 0 Å². The molecule has 3 rings (SSSR count). The fourth-order valence-electron chi connectivity index (χ4n) is 2.65. The van der Waals surface area contributed by atoms with Gasteiger partial charge < -0.3 is 9.88 Å². The molecule has 2 N–H and O–H groups in total. The predicted molar refractivity (Wildman–Crippen MR) is 106 cm³/mol. The van der Waals surface area contributed by atoms with E-state index in [1.54, 1.807) is 31.6 Å². The van der Waals surface area contributed by atoms with Crippen LogP contribution in [0.2, 0.25) is 0 Å². The number of imidazole rings is 1. The number of alkyl halides is 3. The van der Waals surface area contributed by atoms with Crippen molar-refractivity contribution >= 4 is 22.5 Å². The van der Waals surface area contributed by atoms with Crippen molar-refractivity contribution in [1.82, 2.24) is 19.3 Å². The third kappa shape index (κ3) is 4.83. The summed E-state index contributed by atoms with van der Waals surface area (Å²) in [6, 6.07) is 7.01. The van der Waals surface area contributed by atoms with Crippen LogP contribution in [0.3, 0.4) is 0 Å². The Bertz CT molecular complexity index is 1030. The standard InChI is InChI=1S/C19H20F3N5OS/c1-12(2)27-10-17(25-11-27)15-9-14(29(28)23-3)4-5-16(15)26-18-8-13(6-7-24-18)19(20,21)22/h4-12,23H,1-3H3,(H,24,26). The zero-order valence-corrected chi connectivity index (χ0v) is 16.8. The van der Waals surface area contributed by atoms with Crippen LogP contribution in [0.15, 0.2) is 53.9 Å². The number of hydrogen-bond donors (Lipinski definition) is 2. The lowest BCUT2D eigenvalue weighted by atomic mass is 10.1. The highest BCUT2D eigenvalue weighted by molar-refractivity contribution is 7.83. The van der Waals surface area contributed by atoms with E-state index < -0.39 is 22.7 Å². The Hall–Kier alpha value is -2.72. The Labute approximate surface area is 168 Å². The lowest BCUT2D eigenvalue weighted by Crippen LogP contribution is -2.11. The van der Waals surface area contributed by atoms with Crippen LogP contribution >= 0.6 is 0 Å². The van der Waals surface area contributed by atoms with E-state index in [0.717, 1.165) is 18.3 Å². The summed E-state index contributed by atoms with van der Waals surface area (Å²) in [5.41, 5.74) is 0.907. The molecule has 1 aromatic carbocycles. The molecule has 0 amide bonds. The molecule has 1 unspecified atom stereocenters. The maximum absolute atomic E-state index is 13.0. The first-order valence-electron chi connectivity index (χ1n) is 8.76. The van der Waals surface area contributed by atoms with Crippen molar-refractivity contribution in [2.45, 2.75) is 31.0 Å². The van der Waals surface area contributed by atoms with Gasteiger partial charge in [0.15, 0.2) is 0 Å². The normalized spacial score (nSPS) is 12.9. The monoisotopic (exact) mass is 423 g/mol. The minimum Gasteiger partial charge on any atom is -0.340 e. The van der Waals surface area contributed by atoms with Crippen LogP contribution in [0, 0.1) is 0 Å². The second kappa shape index (κ2) is 8.34. The molecule has 0 aliphatic rings. The number of anilines is 2. The average Bonchev–Trinajstić information content (AvgIpc) is 3.17. The molecule has 3 aromatic rings. The highest BCUT2D eigenvalue weighted by atomic mass is 32.2. The Kier molecular flexibility index (Phi) is 6.04. The van der Waals surface area contributed by atoms with Crippen LogP contribution in [0.4, 0.5) is 24.7 Å². The summed E-state index contributed by atoms with van der Waals surface area (Å²) < 4.78 is 55.7. The summed E-state index contributed by atoms with van der Waals surface area (Å²) in [6.07, 6.45) is 0.138. The molecule has 0 aliphatic carbocycles. The van der Waals surface area contributed by atoms with Crippen molar-refractivity contribution in [2.75, 3.05) is 12.4 Å². The number of pyridine rings is 1. The van der Waals surface area contributed by atoms with Crippen molar-refractivity contribution in [1.29, 1.82) is 0 Å². The smallest absolute Gasteiger partial charge is 0.340 e. The molecule has 0 bridgehead atoms. The third-order valence-corrected chi connectivity index (χ3v) is 5.27. The van der Waals surface area contributed by atoms with Gasteiger partial charge in [-0.25, -0.2) is 18.9 Å². The van der Waals surface area contributed by atoms with Gasteiger partial charge in [0.05, 0.1) is 22.5 Å². The largest absolute Gasteiger partial charge is 0.416 e. The van der Waals surface area contributed by atoms with Gasteiger partial charge in [-0.15, -0.1) is 0 Å². The molecule has 2 aromatic heterocycles. The zero-order chi connectivity index (χ0) is 21.2.